The molecule has 1 aliphatic carbocycles. The number of halogens is 1. The fraction of sp³-hybridized carbons (Fsp3) is 0.286. The molecule has 0 radical (unpaired) electrons. The van der Waals surface area contributed by atoms with Gasteiger partial charge in [-0.05, 0) is 70.7 Å². The number of hydrogen-bond acceptors (Lipinski definition) is 3. The highest BCUT2D eigenvalue weighted by molar-refractivity contribution is 8.93. The summed E-state index contributed by atoms with van der Waals surface area (Å²) in [6.45, 7) is 6.83. The van der Waals surface area contributed by atoms with Gasteiger partial charge in [0.1, 0.15) is 11.7 Å². The summed E-state index contributed by atoms with van der Waals surface area (Å²) in [5, 5.41) is 0. The van der Waals surface area contributed by atoms with E-state index in [9.17, 15) is 4.79 Å². The van der Waals surface area contributed by atoms with Crippen LogP contribution in [0.1, 0.15) is 66.3 Å². The Morgan fingerprint density at radius 3 is 2.10 bits per heavy atom. The number of fused-ring (bicyclic) bond motifs is 4. The van der Waals surface area contributed by atoms with Crippen LogP contribution < -0.4 is 4.74 Å². The Hall–Kier alpha value is -3.21. The van der Waals surface area contributed by atoms with E-state index in [1.54, 1.807) is 0 Å². The molecule has 4 aromatic carbocycles. The van der Waals surface area contributed by atoms with Crippen molar-refractivity contribution in [2.24, 2.45) is 0 Å². The lowest BCUT2D eigenvalue weighted by Gasteiger charge is -2.52. The third kappa shape index (κ3) is 5.46. The van der Waals surface area contributed by atoms with Gasteiger partial charge >= 0.3 is 5.97 Å². The molecule has 0 spiro atoms. The first-order valence-corrected chi connectivity index (χ1v) is 13.8. The molecule has 1 heterocycles. The minimum Gasteiger partial charge on any atom is -0.426 e. The quantitative estimate of drug-likeness (QED) is 0.170. The number of benzene rings is 4. The predicted molar refractivity (Wildman–Crippen MR) is 163 cm³/mol. The van der Waals surface area contributed by atoms with Crippen molar-refractivity contribution in [2.75, 3.05) is 6.54 Å². The highest BCUT2D eigenvalue weighted by Gasteiger charge is 2.46. The molecule has 0 N–H and O–H groups in total. The summed E-state index contributed by atoms with van der Waals surface area (Å²) < 4.78 is 6.12. The minimum atomic E-state index is -0.464. The third-order valence-corrected chi connectivity index (χ3v) is 8.77. The van der Waals surface area contributed by atoms with Crippen LogP contribution in [0.25, 0.3) is 0 Å². The topological polar surface area (TPSA) is 29.5 Å². The first kappa shape index (κ1) is 27.4. The van der Waals surface area contributed by atoms with Crippen LogP contribution in [0.4, 0.5) is 0 Å². The molecule has 200 valence electrons. The normalized spacial score (nSPS) is 22.0. The van der Waals surface area contributed by atoms with Gasteiger partial charge in [-0.3, -0.25) is 9.69 Å². The van der Waals surface area contributed by atoms with E-state index in [-0.39, 0.29) is 28.4 Å². The molecule has 3 unspecified atom stereocenters. The van der Waals surface area contributed by atoms with Gasteiger partial charge in [-0.25, -0.2) is 0 Å². The van der Waals surface area contributed by atoms with Crippen molar-refractivity contribution in [3.63, 3.8) is 0 Å². The van der Waals surface area contributed by atoms with Crippen LogP contribution in [-0.4, -0.2) is 23.5 Å². The van der Waals surface area contributed by atoms with Crippen LogP contribution >= 0.6 is 17.0 Å². The maximum absolute atomic E-state index is 13.6. The molecule has 2 bridgehead atoms. The van der Waals surface area contributed by atoms with Crippen molar-refractivity contribution in [2.45, 2.75) is 56.5 Å². The molecule has 3 nitrogen and oxygen atoms in total. The summed E-state index contributed by atoms with van der Waals surface area (Å²) in [7, 11) is 0. The van der Waals surface area contributed by atoms with Crippen LogP contribution in [0.2, 0.25) is 0 Å². The highest BCUT2D eigenvalue weighted by atomic mass is 79.9. The molecule has 0 aromatic heterocycles. The Bertz CT molecular complexity index is 1370. The van der Waals surface area contributed by atoms with Crippen molar-refractivity contribution in [1.29, 1.82) is 0 Å². The van der Waals surface area contributed by atoms with Gasteiger partial charge in [0, 0.05) is 12.6 Å². The van der Waals surface area contributed by atoms with Crippen LogP contribution in [0.15, 0.2) is 109 Å². The molecule has 2 aliphatic rings. The number of ether oxygens (including phenoxy) is 1. The number of carbonyl (C=O) groups excluding carboxylic acids is 1. The zero-order chi connectivity index (χ0) is 26.1. The average molecular weight is 583 g/mol. The number of likely N-dealkylation sites (tertiary alicyclic amines) is 1. The summed E-state index contributed by atoms with van der Waals surface area (Å²) in [4.78, 5) is 16.3. The van der Waals surface area contributed by atoms with Gasteiger partial charge in [-0.1, -0.05) is 111 Å². The zero-order valence-electron chi connectivity index (χ0n) is 22.6. The lowest BCUT2D eigenvalue weighted by Crippen LogP contribution is -2.53. The summed E-state index contributed by atoms with van der Waals surface area (Å²) >= 11 is 0. The van der Waals surface area contributed by atoms with Crippen LogP contribution in [-0.2, 0) is 16.8 Å². The molecule has 6 rings (SSSR count). The Labute approximate surface area is 242 Å². The standard InChI is InChI=1S/C35H35NO2.BrH/c1-25-30-19-18-29(38-34(37)33(27-14-8-4-9-15-27)28-16-10-5-11-17-28)22-31(30)35(2)20-21-36(32(25)23-35)24-26-12-6-3-7-13-26;/h3-19,22,25,32-33H,20-21,23-24H2,1-2H3;1H. The maximum Gasteiger partial charge on any atom is 0.323 e. The van der Waals surface area contributed by atoms with Crippen molar-refractivity contribution in [3.8, 4) is 5.75 Å². The van der Waals surface area contributed by atoms with Gasteiger partial charge in [-0.2, -0.15) is 0 Å². The second-order valence-electron chi connectivity index (χ2n) is 11.3. The monoisotopic (exact) mass is 581 g/mol. The maximum atomic E-state index is 13.6. The van der Waals surface area contributed by atoms with E-state index in [2.05, 4.69) is 61.2 Å². The number of esters is 1. The summed E-state index contributed by atoms with van der Waals surface area (Å²) in [5.74, 6) is 0.359. The first-order valence-electron chi connectivity index (χ1n) is 13.8. The van der Waals surface area contributed by atoms with E-state index in [0.29, 0.717) is 17.7 Å². The Balaban J connectivity index is 0.00000308. The molecule has 1 aliphatic heterocycles. The van der Waals surface area contributed by atoms with Gasteiger partial charge in [0.15, 0.2) is 0 Å². The van der Waals surface area contributed by atoms with Gasteiger partial charge in [-0.15, -0.1) is 17.0 Å². The molecule has 0 saturated carbocycles. The van der Waals surface area contributed by atoms with Crippen LogP contribution in [0, 0.1) is 0 Å². The molecule has 0 amide bonds. The summed E-state index contributed by atoms with van der Waals surface area (Å²) in [6.07, 6.45) is 2.23. The number of carbonyl (C=O) groups is 1. The van der Waals surface area contributed by atoms with E-state index >= 15 is 0 Å². The zero-order valence-corrected chi connectivity index (χ0v) is 24.3. The molecular formula is C35H36BrNO2. The molecule has 1 fully saturated rings. The fourth-order valence-electron chi connectivity index (χ4n) is 6.66. The van der Waals surface area contributed by atoms with Gasteiger partial charge in [0.2, 0.25) is 0 Å². The van der Waals surface area contributed by atoms with Crippen molar-refractivity contribution in [1.82, 2.24) is 4.90 Å². The summed E-state index contributed by atoms with van der Waals surface area (Å²) in [5.41, 5.74) is 6.08. The fourth-order valence-corrected chi connectivity index (χ4v) is 6.66. The predicted octanol–water partition coefficient (Wildman–Crippen LogP) is 8.04. The number of hydrogen-bond donors (Lipinski definition) is 0. The van der Waals surface area contributed by atoms with Crippen LogP contribution in [0.3, 0.4) is 0 Å². The van der Waals surface area contributed by atoms with Gasteiger partial charge < -0.3 is 4.74 Å². The van der Waals surface area contributed by atoms with Gasteiger partial charge in [0.25, 0.3) is 0 Å². The number of rotatable bonds is 6. The molecule has 4 heteroatoms. The second-order valence-corrected chi connectivity index (χ2v) is 11.3. The Kier molecular flexibility index (Phi) is 8.06. The smallest absolute Gasteiger partial charge is 0.323 e. The number of nitrogens with zero attached hydrogens (tertiary/aromatic N) is 1. The molecule has 39 heavy (non-hydrogen) atoms. The van der Waals surface area contributed by atoms with Crippen molar-refractivity contribution in [3.05, 3.63) is 137 Å². The van der Waals surface area contributed by atoms with Crippen molar-refractivity contribution < 1.29 is 9.53 Å². The number of piperidine rings is 1. The largest absolute Gasteiger partial charge is 0.426 e. The SMILES string of the molecule is Br.CC1c2ccc(OC(=O)C(c3ccccc3)c3ccccc3)cc2C2(C)CCN(Cc3ccccc3)C1C2. The Morgan fingerprint density at radius 2 is 1.49 bits per heavy atom. The lowest BCUT2D eigenvalue weighted by molar-refractivity contribution is -0.135. The van der Waals surface area contributed by atoms with E-state index in [4.69, 9.17) is 4.74 Å². The van der Waals surface area contributed by atoms with Crippen molar-refractivity contribution >= 4 is 23.0 Å². The molecule has 3 atom stereocenters. The van der Waals surface area contributed by atoms with Crippen LogP contribution in [0.5, 0.6) is 5.75 Å². The minimum absolute atomic E-state index is 0. The summed E-state index contributed by atoms with van der Waals surface area (Å²) in [6, 6.07) is 37.5. The van der Waals surface area contributed by atoms with E-state index in [0.717, 1.165) is 37.1 Å². The molecular weight excluding hydrogens is 546 g/mol. The van der Waals surface area contributed by atoms with Gasteiger partial charge in [0.05, 0.1) is 0 Å². The Morgan fingerprint density at radius 1 is 0.897 bits per heavy atom. The average Bonchev–Trinajstić information content (AvgIpc) is 2.95. The van der Waals surface area contributed by atoms with E-state index in [1.807, 2.05) is 66.7 Å². The highest BCUT2D eigenvalue weighted by Crippen LogP contribution is 2.50. The first-order chi connectivity index (χ1) is 18.5. The lowest BCUT2D eigenvalue weighted by atomic mass is 9.62. The molecule has 1 saturated heterocycles. The van der Waals surface area contributed by atoms with E-state index < -0.39 is 5.92 Å². The second kappa shape index (κ2) is 11.5. The molecule has 4 aromatic rings. The van der Waals surface area contributed by atoms with E-state index in [1.165, 1.54) is 16.7 Å². The third-order valence-electron chi connectivity index (χ3n) is 8.77.